The Morgan fingerprint density at radius 3 is 2.57 bits per heavy atom. The lowest BCUT2D eigenvalue weighted by Gasteiger charge is -2.14. The van der Waals surface area contributed by atoms with Gasteiger partial charge in [0.1, 0.15) is 5.44 Å². The number of carbonyl (C=O) groups is 1. The largest absolute Gasteiger partial charge is 0.367 e. The third kappa shape index (κ3) is 6.22. The normalized spacial score (nSPS) is 12.5. The summed E-state index contributed by atoms with van der Waals surface area (Å²) >= 11 is 1.26. The molecule has 0 N–H and O–H groups in total. The maximum absolute atomic E-state index is 11.4. The smallest absolute Gasteiger partial charge is 0.216 e. The molecule has 0 heterocycles. The van der Waals surface area contributed by atoms with Crippen LogP contribution in [0.1, 0.15) is 40.0 Å². The van der Waals surface area contributed by atoms with Crippen LogP contribution in [-0.4, -0.2) is 17.2 Å². The Kier molecular flexibility index (Phi) is 7.90. The van der Waals surface area contributed by atoms with E-state index in [1.807, 2.05) is 6.92 Å². The van der Waals surface area contributed by atoms with Crippen molar-refractivity contribution in [3.63, 3.8) is 0 Å². The standard InChI is InChI=1S/C11H20O2S/c1-5-7-8-10(13-6-2)14-11(12)9(3)4/h10H,3,5-8H2,1-2,4H3. The van der Waals surface area contributed by atoms with Crippen molar-refractivity contribution in [1.29, 1.82) is 0 Å². The topological polar surface area (TPSA) is 26.3 Å². The first-order chi connectivity index (χ1) is 6.61. The third-order valence-electron chi connectivity index (χ3n) is 1.73. The molecule has 0 saturated carbocycles. The van der Waals surface area contributed by atoms with E-state index in [0.717, 1.165) is 19.3 Å². The van der Waals surface area contributed by atoms with Gasteiger partial charge in [0, 0.05) is 6.61 Å². The Labute approximate surface area is 91.1 Å². The second-order valence-corrected chi connectivity index (χ2v) is 4.35. The van der Waals surface area contributed by atoms with Crippen LogP contribution in [0.4, 0.5) is 0 Å². The van der Waals surface area contributed by atoms with Gasteiger partial charge in [-0.1, -0.05) is 38.1 Å². The van der Waals surface area contributed by atoms with Crippen molar-refractivity contribution in [2.45, 2.75) is 45.5 Å². The summed E-state index contributed by atoms with van der Waals surface area (Å²) in [5.74, 6) is 0. The quantitative estimate of drug-likeness (QED) is 0.482. The Balaban J connectivity index is 3.94. The van der Waals surface area contributed by atoms with E-state index in [1.54, 1.807) is 6.92 Å². The minimum absolute atomic E-state index is 0.00384. The highest BCUT2D eigenvalue weighted by Crippen LogP contribution is 2.21. The number of carbonyl (C=O) groups excluding carboxylic acids is 1. The summed E-state index contributed by atoms with van der Waals surface area (Å²) in [6.07, 6.45) is 3.17. The van der Waals surface area contributed by atoms with Gasteiger partial charge < -0.3 is 4.74 Å². The van der Waals surface area contributed by atoms with Crippen molar-refractivity contribution in [2.24, 2.45) is 0 Å². The lowest BCUT2D eigenvalue weighted by Crippen LogP contribution is -2.11. The molecule has 0 aromatic rings. The highest BCUT2D eigenvalue weighted by molar-refractivity contribution is 8.14. The van der Waals surface area contributed by atoms with Gasteiger partial charge in [0.2, 0.25) is 5.12 Å². The van der Waals surface area contributed by atoms with Gasteiger partial charge >= 0.3 is 0 Å². The molecule has 0 aromatic heterocycles. The van der Waals surface area contributed by atoms with Crippen LogP contribution in [0, 0.1) is 0 Å². The Morgan fingerprint density at radius 2 is 2.14 bits per heavy atom. The zero-order valence-electron chi connectivity index (χ0n) is 9.34. The Bertz CT molecular complexity index is 190. The number of hydrogen-bond acceptors (Lipinski definition) is 3. The summed E-state index contributed by atoms with van der Waals surface area (Å²) in [7, 11) is 0. The maximum Gasteiger partial charge on any atom is 0.216 e. The molecule has 0 aliphatic heterocycles. The van der Waals surface area contributed by atoms with Crippen LogP contribution >= 0.6 is 11.8 Å². The molecule has 0 amide bonds. The third-order valence-corrected chi connectivity index (χ3v) is 2.93. The summed E-state index contributed by atoms with van der Waals surface area (Å²) in [4.78, 5) is 11.4. The molecule has 82 valence electrons. The summed E-state index contributed by atoms with van der Waals surface area (Å²) in [6, 6.07) is 0. The fourth-order valence-electron chi connectivity index (χ4n) is 0.953. The molecule has 1 atom stereocenters. The van der Waals surface area contributed by atoms with Crippen molar-refractivity contribution >= 4 is 16.9 Å². The molecule has 2 nitrogen and oxygen atoms in total. The fourth-order valence-corrected chi connectivity index (χ4v) is 1.88. The highest BCUT2D eigenvalue weighted by atomic mass is 32.2. The zero-order chi connectivity index (χ0) is 11.0. The molecule has 1 unspecified atom stereocenters. The highest BCUT2D eigenvalue weighted by Gasteiger charge is 2.14. The first-order valence-electron chi connectivity index (χ1n) is 5.09. The summed E-state index contributed by atoms with van der Waals surface area (Å²) < 4.78 is 5.47. The van der Waals surface area contributed by atoms with Gasteiger partial charge in [-0.25, -0.2) is 0 Å². The number of hydrogen-bond donors (Lipinski definition) is 0. The molecule has 0 bridgehead atoms. The summed E-state index contributed by atoms with van der Waals surface area (Å²) in [5, 5.41) is 0.0413. The molecule has 0 fully saturated rings. The van der Waals surface area contributed by atoms with E-state index in [0.29, 0.717) is 12.2 Å². The molecular weight excluding hydrogens is 196 g/mol. The molecular formula is C11H20O2S. The van der Waals surface area contributed by atoms with E-state index < -0.39 is 0 Å². The van der Waals surface area contributed by atoms with Crippen molar-refractivity contribution in [1.82, 2.24) is 0 Å². The number of ether oxygens (including phenoxy) is 1. The second kappa shape index (κ2) is 8.06. The Hall–Kier alpha value is -0.280. The molecule has 0 rings (SSSR count). The van der Waals surface area contributed by atoms with Crippen LogP contribution in [0.25, 0.3) is 0 Å². The predicted octanol–water partition coefficient (Wildman–Crippen LogP) is 3.38. The lowest BCUT2D eigenvalue weighted by atomic mass is 10.3. The molecule has 0 saturated heterocycles. The maximum atomic E-state index is 11.4. The molecule has 3 heteroatoms. The van der Waals surface area contributed by atoms with Gasteiger partial charge in [-0.05, 0) is 25.8 Å². The number of unbranched alkanes of at least 4 members (excludes halogenated alkanes) is 1. The molecule has 0 aromatic carbocycles. The molecule has 0 aliphatic carbocycles. The fraction of sp³-hybridized carbons (Fsp3) is 0.727. The number of thioether (sulfide) groups is 1. The average Bonchev–Trinajstić information content (AvgIpc) is 2.14. The van der Waals surface area contributed by atoms with Gasteiger partial charge in [-0.3, -0.25) is 4.79 Å². The minimum Gasteiger partial charge on any atom is -0.367 e. The van der Waals surface area contributed by atoms with Crippen LogP contribution in [0.3, 0.4) is 0 Å². The summed E-state index contributed by atoms with van der Waals surface area (Å²) in [6.45, 7) is 10.1. The van der Waals surface area contributed by atoms with Crippen LogP contribution in [0.5, 0.6) is 0 Å². The molecule has 0 radical (unpaired) electrons. The van der Waals surface area contributed by atoms with E-state index in [2.05, 4.69) is 13.5 Å². The monoisotopic (exact) mass is 216 g/mol. The predicted molar refractivity (Wildman–Crippen MR) is 62.4 cm³/mol. The van der Waals surface area contributed by atoms with Gasteiger partial charge in [-0.15, -0.1) is 0 Å². The van der Waals surface area contributed by atoms with Gasteiger partial charge in [0.05, 0.1) is 0 Å². The van der Waals surface area contributed by atoms with Crippen molar-refractivity contribution in [3.8, 4) is 0 Å². The molecule has 14 heavy (non-hydrogen) atoms. The molecule has 0 spiro atoms. The molecule has 0 aliphatic rings. The summed E-state index contributed by atoms with van der Waals surface area (Å²) in [5.41, 5.74) is 0.598. The van der Waals surface area contributed by atoms with Gasteiger partial charge in [0.25, 0.3) is 0 Å². The van der Waals surface area contributed by atoms with Crippen LogP contribution in [0.15, 0.2) is 12.2 Å². The lowest BCUT2D eigenvalue weighted by molar-refractivity contribution is -0.108. The van der Waals surface area contributed by atoms with E-state index in [9.17, 15) is 4.79 Å². The number of rotatable bonds is 7. The van der Waals surface area contributed by atoms with Gasteiger partial charge in [-0.2, -0.15) is 0 Å². The van der Waals surface area contributed by atoms with Crippen molar-refractivity contribution in [3.05, 3.63) is 12.2 Å². The SMILES string of the molecule is C=C(C)C(=O)SC(CCCC)OCC. The van der Waals surface area contributed by atoms with E-state index in [-0.39, 0.29) is 10.6 Å². The zero-order valence-corrected chi connectivity index (χ0v) is 10.2. The Morgan fingerprint density at radius 1 is 1.50 bits per heavy atom. The van der Waals surface area contributed by atoms with E-state index in [4.69, 9.17) is 4.74 Å². The second-order valence-electron chi connectivity index (χ2n) is 3.21. The average molecular weight is 216 g/mol. The first kappa shape index (κ1) is 13.7. The van der Waals surface area contributed by atoms with E-state index >= 15 is 0 Å². The van der Waals surface area contributed by atoms with Crippen LogP contribution in [-0.2, 0) is 9.53 Å². The van der Waals surface area contributed by atoms with Crippen LogP contribution < -0.4 is 0 Å². The van der Waals surface area contributed by atoms with Gasteiger partial charge in [0.15, 0.2) is 0 Å². The first-order valence-corrected chi connectivity index (χ1v) is 5.97. The minimum atomic E-state index is 0.00384. The van der Waals surface area contributed by atoms with Crippen molar-refractivity contribution < 1.29 is 9.53 Å². The van der Waals surface area contributed by atoms with E-state index in [1.165, 1.54) is 11.8 Å². The van der Waals surface area contributed by atoms with Crippen molar-refractivity contribution in [2.75, 3.05) is 6.61 Å². The van der Waals surface area contributed by atoms with Crippen LogP contribution in [0.2, 0.25) is 0 Å².